The van der Waals surface area contributed by atoms with Crippen LogP contribution in [0.1, 0.15) is 29.7 Å². The Labute approximate surface area is 203 Å². The SMILES string of the molecule is Cc1cc(C(C)Nc2cccc(F)c2-c2noc(=O)[nH]2)c2oc(-c3ccccc3F)c(C)c(=O)c2c1. The number of fused-ring (bicyclic) bond motifs is 1. The van der Waals surface area contributed by atoms with E-state index >= 15 is 0 Å². The Morgan fingerprint density at radius 1 is 1.00 bits per heavy atom. The number of benzene rings is 3. The molecule has 1 atom stereocenters. The van der Waals surface area contributed by atoms with E-state index in [2.05, 4.69) is 20.0 Å². The van der Waals surface area contributed by atoms with Crippen LogP contribution >= 0.6 is 0 Å². The lowest BCUT2D eigenvalue weighted by atomic mass is 9.98. The summed E-state index contributed by atoms with van der Waals surface area (Å²) >= 11 is 0. The van der Waals surface area contributed by atoms with E-state index in [0.29, 0.717) is 27.8 Å². The molecule has 0 bridgehead atoms. The Morgan fingerprint density at radius 2 is 1.75 bits per heavy atom. The molecule has 0 aliphatic carbocycles. The first-order valence-electron chi connectivity index (χ1n) is 11.2. The number of aromatic nitrogens is 2. The van der Waals surface area contributed by atoms with E-state index in [4.69, 9.17) is 4.42 Å². The molecule has 0 saturated heterocycles. The summed E-state index contributed by atoms with van der Waals surface area (Å²) in [6, 6.07) is 13.6. The van der Waals surface area contributed by atoms with E-state index in [0.717, 1.165) is 5.56 Å². The molecule has 3 aromatic carbocycles. The van der Waals surface area contributed by atoms with Crippen LogP contribution in [0.3, 0.4) is 0 Å². The van der Waals surface area contributed by atoms with E-state index in [-0.39, 0.29) is 28.1 Å². The largest absolute Gasteiger partial charge is 0.455 e. The van der Waals surface area contributed by atoms with Crippen molar-refractivity contribution < 1.29 is 17.7 Å². The van der Waals surface area contributed by atoms with Crippen LogP contribution in [-0.2, 0) is 0 Å². The number of halogens is 2. The summed E-state index contributed by atoms with van der Waals surface area (Å²) in [4.78, 5) is 27.1. The maximum atomic E-state index is 14.8. The Kier molecular flexibility index (Phi) is 5.75. The number of aryl methyl sites for hydroxylation is 1. The number of hydrogen-bond donors (Lipinski definition) is 2. The van der Waals surface area contributed by atoms with Crippen molar-refractivity contribution in [3.8, 4) is 22.7 Å². The van der Waals surface area contributed by atoms with Crippen LogP contribution in [0.15, 0.2) is 73.1 Å². The zero-order valence-corrected chi connectivity index (χ0v) is 19.6. The number of aromatic amines is 1. The smallest absolute Gasteiger partial charge is 0.439 e. The number of hydrogen-bond acceptors (Lipinski definition) is 6. The molecule has 9 heteroatoms. The Balaban J connectivity index is 1.67. The monoisotopic (exact) mass is 489 g/mol. The van der Waals surface area contributed by atoms with Gasteiger partial charge in [0, 0.05) is 16.8 Å². The fourth-order valence-corrected chi connectivity index (χ4v) is 4.33. The molecule has 2 heterocycles. The van der Waals surface area contributed by atoms with Gasteiger partial charge in [-0.1, -0.05) is 29.4 Å². The third kappa shape index (κ3) is 3.98. The zero-order valence-electron chi connectivity index (χ0n) is 19.6. The molecule has 7 nitrogen and oxygen atoms in total. The lowest BCUT2D eigenvalue weighted by Gasteiger charge is -2.20. The molecular formula is C27H21F2N3O4. The van der Waals surface area contributed by atoms with Crippen LogP contribution < -0.4 is 16.5 Å². The molecule has 2 N–H and O–H groups in total. The van der Waals surface area contributed by atoms with Crippen molar-refractivity contribution in [3.63, 3.8) is 0 Å². The highest BCUT2D eigenvalue weighted by Gasteiger charge is 2.22. The van der Waals surface area contributed by atoms with Gasteiger partial charge in [0.1, 0.15) is 23.0 Å². The third-order valence-corrected chi connectivity index (χ3v) is 6.04. The van der Waals surface area contributed by atoms with E-state index in [1.54, 1.807) is 37.3 Å². The maximum absolute atomic E-state index is 14.8. The number of anilines is 1. The summed E-state index contributed by atoms with van der Waals surface area (Å²) in [7, 11) is 0. The highest BCUT2D eigenvalue weighted by molar-refractivity contribution is 5.85. The quantitative estimate of drug-likeness (QED) is 0.320. The molecule has 0 fully saturated rings. The molecule has 0 saturated carbocycles. The van der Waals surface area contributed by atoms with Gasteiger partial charge in [0.25, 0.3) is 0 Å². The van der Waals surface area contributed by atoms with Gasteiger partial charge in [0.15, 0.2) is 11.3 Å². The molecular weight excluding hydrogens is 468 g/mol. The van der Waals surface area contributed by atoms with Gasteiger partial charge < -0.3 is 9.73 Å². The van der Waals surface area contributed by atoms with Gasteiger partial charge in [-0.2, -0.15) is 0 Å². The van der Waals surface area contributed by atoms with Gasteiger partial charge in [0.2, 0.25) is 0 Å². The second-order valence-corrected chi connectivity index (χ2v) is 8.57. The zero-order chi connectivity index (χ0) is 25.6. The van der Waals surface area contributed by atoms with Gasteiger partial charge in [-0.3, -0.25) is 14.3 Å². The van der Waals surface area contributed by atoms with Crippen molar-refractivity contribution in [1.82, 2.24) is 10.1 Å². The summed E-state index contributed by atoms with van der Waals surface area (Å²) in [5.74, 6) is -1.85. The van der Waals surface area contributed by atoms with Crippen LogP contribution in [0.2, 0.25) is 0 Å². The fraction of sp³-hybridized carbons (Fsp3) is 0.148. The summed E-state index contributed by atoms with van der Waals surface area (Å²) in [6.45, 7) is 5.27. The Hall–Kier alpha value is -4.53. The minimum Gasteiger partial charge on any atom is -0.455 e. The molecule has 0 radical (unpaired) electrons. The molecule has 2 aromatic heterocycles. The molecule has 0 aliphatic rings. The number of H-pyrrole nitrogens is 1. The van der Waals surface area contributed by atoms with Crippen LogP contribution in [0.4, 0.5) is 14.5 Å². The summed E-state index contributed by atoms with van der Waals surface area (Å²) in [5, 5.41) is 7.19. The summed E-state index contributed by atoms with van der Waals surface area (Å²) in [5.41, 5.74) is 2.30. The van der Waals surface area contributed by atoms with Crippen molar-refractivity contribution in [3.05, 3.63) is 104 Å². The van der Waals surface area contributed by atoms with Crippen LogP contribution in [-0.4, -0.2) is 10.1 Å². The van der Waals surface area contributed by atoms with Crippen molar-refractivity contribution in [2.75, 3.05) is 5.32 Å². The van der Waals surface area contributed by atoms with Gasteiger partial charge in [0.05, 0.1) is 22.6 Å². The van der Waals surface area contributed by atoms with Gasteiger partial charge >= 0.3 is 5.76 Å². The third-order valence-electron chi connectivity index (χ3n) is 6.04. The predicted molar refractivity (Wildman–Crippen MR) is 132 cm³/mol. The number of rotatable bonds is 5. The molecule has 182 valence electrons. The van der Waals surface area contributed by atoms with Gasteiger partial charge in [-0.15, -0.1) is 0 Å². The number of nitrogens with zero attached hydrogens (tertiary/aromatic N) is 1. The highest BCUT2D eigenvalue weighted by Crippen LogP contribution is 2.35. The van der Waals surface area contributed by atoms with Crippen LogP contribution in [0, 0.1) is 25.5 Å². The average molecular weight is 489 g/mol. The van der Waals surface area contributed by atoms with Crippen molar-refractivity contribution in [2.45, 2.75) is 26.8 Å². The standard InChI is InChI=1S/C27H21F2N3O4/c1-13-11-17(15(3)30-21-10-6-9-20(29)22(21)26-31-27(34)36-32-26)25-18(12-13)23(33)14(2)24(35-25)16-7-4-5-8-19(16)28/h4-12,15,30H,1-3H3,(H,31,32,34). The molecule has 1 unspecified atom stereocenters. The summed E-state index contributed by atoms with van der Waals surface area (Å²) < 4.78 is 40.1. The second kappa shape index (κ2) is 8.92. The van der Waals surface area contributed by atoms with Crippen LogP contribution in [0.5, 0.6) is 0 Å². The molecule has 5 rings (SSSR count). The van der Waals surface area contributed by atoms with E-state index in [1.165, 1.54) is 18.2 Å². The van der Waals surface area contributed by atoms with E-state index < -0.39 is 23.4 Å². The summed E-state index contributed by atoms with van der Waals surface area (Å²) in [6.07, 6.45) is 0. The molecule has 0 aliphatic heterocycles. The lowest BCUT2D eigenvalue weighted by molar-refractivity contribution is 0.387. The topological polar surface area (TPSA) is 101 Å². The minimum absolute atomic E-state index is 0.0245. The molecule has 36 heavy (non-hydrogen) atoms. The van der Waals surface area contributed by atoms with E-state index in [1.807, 2.05) is 19.9 Å². The van der Waals surface area contributed by atoms with Crippen LogP contribution in [0.25, 0.3) is 33.7 Å². The van der Waals surface area contributed by atoms with Gasteiger partial charge in [-0.05, 0) is 56.7 Å². The first-order valence-corrected chi connectivity index (χ1v) is 11.2. The molecule has 0 spiro atoms. The van der Waals surface area contributed by atoms with E-state index in [9.17, 15) is 18.4 Å². The minimum atomic E-state index is -0.810. The first kappa shape index (κ1) is 23.2. The molecule has 0 amide bonds. The van der Waals surface area contributed by atoms with Crippen molar-refractivity contribution in [2.24, 2.45) is 0 Å². The van der Waals surface area contributed by atoms with Crippen molar-refractivity contribution >= 4 is 16.7 Å². The predicted octanol–water partition coefficient (Wildman–Crippen LogP) is 5.87. The highest BCUT2D eigenvalue weighted by atomic mass is 19.1. The Bertz CT molecular complexity index is 1740. The van der Waals surface area contributed by atoms with Gasteiger partial charge in [-0.25, -0.2) is 13.6 Å². The normalized spacial score (nSPS) is 12.1. The van der Waals surface area contributed by atoms with Crippen molar-refractivity contribution in [1.29, 1.82) is 0 Å². The fourth-order valence-electron chi connectivity index (χ4n) is 4.33. The maximum Gasteiger partial charge on any atom is 0.439 e. The number of nitrogens with one attached hydrogen (secondary N) is 2. The lowest BCUT2D eigenvalue weighted by Crippen LogP contribution is -2.13. The second-order valence-electron chi connectivity index (χ2n) is 8.57. The average Bonchev–Trinajstić information content (AvgIpc) is 3.27. The first-order chi connectivity index (χ1) is 17.2. The Morgan fingerprint density at radius 3 is 2.47 bits per heavy atom. The molecule has 5 aromatic rings.